The molecule has 31 heavy (non-hydrogen) atoms. The van der Waals surface area contributed by atoms with Gasteiger partial charge in [0.1, 0.15) is 6.10 Å². The summed E-state index contributed by atoms with van der Waals surface area (Å²) < 4.78 is 5.90. The van der Waals surface area contributed by atoms with E-state index < -0.39 is 30.4 Å². The summed E-state index contributed by atoms with van der Waals surface area (Å²) in [5.41, 5.74) is 0.961. The van der Waals surface area contributed by atoms with Crippen molar-refractivity contribution in [1.29, 1.82) is 0 Å². The lowest BCUT2D eigenvalue weighted by atomic mass is 9.66. The molecule has 0 saturated heterocycles. The van der Waals surface area contributed by atoms with E-state index in [2.05, 4.69) is 13.0 Å². The van der Waals surface area contributed by atoms with Crippen LogP contribution in [-0.4, -0.2) is 56.8 Å². The third kappa shape index (κ3) is 7.44. The standard InChI is InChI=1S/C24H38O7/c1-4-5-15(3)24(30)31-21-12-18(26)10-16-7-6-14(2)20(23(16)21)9-8-17(25)11-19(27)13-22(28)29/h6-7,10,14-15,17-21,23,25-27H,4-5,8-9,11-13H2,1-3H3,(H,28,29)/t14-,15-,17+,18+,19-,20-,21+,23-/m0/s1. The van der Waals surface area contributed by atoms with Crippen molar-refractivity contribution in [3.8, 4) is 0 Å². The number of aliphatic hydroxyl groups is 3. The van der Waals surface area contributed by atoms with Crippen molar-refractivity contribution in [1.82, 2.24) is 0 Å². The number of aliphatic hydroxyl groups excluding tert-OH is 3. The van der Waals surface area contributed by atoms with Crippen LogP contribution < -0.4 is 0 Å². The van der Waals surface area contributed by atoms with Gasteiger partial charge in [-0.3, -0.25) is 9.59 Å². The summed E-state index contributed by atoms with van der Waals surface area (Å²) >= 11 is 0. The molecule has 0 aromatic heterocycles. The fraction of sp³-hybridized carbons (Fsp3) is 0.750. The van der Waals surface area contributed by atoms with Gasteiger partial charge in [0.05, 0.1) is 30.7 Å². The number of carboxylic acids is 1. The number of ether oxygens (including phenoxy) is 1. The predicted octanol–water partition coefficient (Wildman–Crippen LogP) is 2.83. The third-order valence-electron chi connectivity index (χ3n) is 6.55. The molecule has 0 fully saturated rings. The van der Waals surface area contributed by atoms with Gasteiger partial charge in [-0.1, -0.05) is 45.4 Å². The molecule has 2 aliphatic rings. The molecule has 0 unspecified atom stereocenters. The van der Waals surface area contributed by atoms with Crippen LogP contribution >= 0.6 is 0 Å². The summed E-state index contributed by atoms with van der Waals surface area (Å²) in [6.07, 6.45) is 5.62. The number of aliphatic carboxylic acids is 1. The monoisotopic (exact) mass is 438 g/mol. The van der Waals surface area contributed by atoms with Gasteiger partial charge >= 0.3 is 11.9 Å². The maximum absolute atomic E-state index is 12.6. The summed E-state index contributed by atoms with van der Waals surface area (Å²) in [5.74, 6) is -1.28. The van der Waals surface area contributed by atoms with Crippen LogP contribution in [0.25, 0.3) is 0 Å². The van der Waals surface area contributed by atoms with E-state index >= 15 is 0 Å². The van der Waals surface area contributed by atoms with Gasteiger partial charge in [-0.15, -0.1) is 0 Å². The van der Waals surface area contributed by atoms with Gasteiger partial charge in [-0.05, 0) is 43.1 Å². The Morgan fingerprint density at radius 2 is 1.94 bits per heavy atom. The Labute approximate surface area is 184 Å². The Bertz CT molecular complexity index is 671. The molecule has 4 N–H and O–H groups in total. The number of carbonyl (C=O) groups excluding carboxylic acids is 1. The Balaban J connectivity index is 2.09. The molecular weight excluding hydrogens is 400 g/mol. The summed E-state index contributed by atoms with van der Waals surface area (Å²) in [5, 5.41) is 39.2. The lowest BCUT2D eigenvalue weighted by molar-refractivity contribution is -0.159. The highest BCUT2D eigenvalue weighted by atomic mass is 16.5. The highest BCUT2D eigenvalue weighted by Crippen LogP contribution is 2.44. The van der Waals surface area contributed by atoms with E-state index in [1.165, 1.54) is 0 Å². The van der Waals surface area contributed by atoms with Gasteiger partial charge in [0, 0.05) is 12.3 Å². The number of rotatable bonds is 11. The van der Waals surface area contributed by atoms with Gasteiger partial charge in [-0.25, -0.2) is 0 Å². The molecule has 8 atom stereocenters. The van der Waals surface area contributed by atoms with E-state index in [1.807, 2.05) is 26.0 Å². The zero-order chi connectivity index (χ0) is 23.1. The topological polar surface area (TPSA) is 124 Å². The SMILES string of the molecule is CCC[C@H](C)C(=O)O[C@@H]1C[C@H](O)C=C2C=C[C@H](C)[C@H](CC[C@@H](O)C[C@H](O)CC(=O)O)[C@H]21. The molecule has 0 spiro atoms. The minimum Gasteiger partial charge on any atom is -0.481 e. The van der Waals surface area contributed by atoms with Crippen molar-refractivity contribution in [3.05, 3.63) is 23.8 Å². The minimum absolute atomic E-state index is 0.0161. The molecule has 0 aromatic rings. The molecule has 0 radical (unpaired) electrons. The van der Waals surface area contributed by atoms with Crippen LogP contribution in [-0.2, 0) is 14.3 Å². The second-order valence-corrected chi connectivity index (χ2v) is 9.26. The van der Waals surface area contributed by atoms with E-state index in [0.29, 0.717) is 19.3 Å². The van der Waals surface area contributed by atoms with E-state index in [4.69, 9.17) is 9.84 Å². The molecule has 0 saturated carbocycles. The van der Waals surface area contributed by atoms with Gasteiger partial charge < -0.3 is 25.2 Å². The van der Waals surface area contributed by atoms with Crippen molar-refractivity contribution in [2.24, 2.45) is 23.7 Å². The first-order chi connectivity index (χ1) is 14.6. The van der Waals surface area contributed by atoms with Crippen molar-refractivity contribution in [2.45, 2.75) is 90.1 Å². The van der Waals surface area contributed by atoms with E-state index in [-0.39, 0.29) is 42.5 Å². The largest absolute Gasteiger partial charge is 0.481 e. The molecule has 2 rings (SSSR count). The zero-order valence-corrected chi connectivity index (χ0v) is 18.8. The van der Waals surface area contributed by atoms with E-state index in [1.54, 1.807) is 0 Å². The number of esters is 1. The van der Waals surface area contributed by atoms with Crippen LogP contribution in [0.5, 0.6) is 0 Å². The highest BCUT2D eigenvalue weighted by Gasteiger charge is 2.42. The second kappa shape index (κ2) is 11.8. The number of fused-ring (bicyclic) bond motifs is 1. The highest BCUT2D eigenvalue weighted by molar-refractivity contribution is 5.72. The Morgan fingerprint density at radius 1 is 1.23 bits per heavy atom. The fourth-order valence-corrected chi connectivity index (χ4v) is 4.90. The Kier molecular flexibility index (Phi) is 9.72. The van der Waals surface area contributed by atoms with Gasteiger partial charge in [0.25, 0.3) is 0 Å². The molecule has 0 aromatic carbocycles. The van der Waals surface area contributed by atoms with Crippen LogP contribution in [0.15, 0.2) is 23.8 Å². The zero-order valence-electron chi connectivity index (χ0n) is 18.8. The van der Waals surface area contributed by atoms with Crippen molar-refractivity contribution in [3.63, 3.8) is 0 Å². The van der Waals surface area contributed by atoms with Crippen molar-refractivity contribution < 1.29 is 34.8 Å². The summed E-state index contributed by atoms with van der Waals surface area (Å²) in [6, 6.07) is 0. The van der Waals surface area contributed by atoms with E-state index in [9.17, 15) is 24.9 Å². The lowest BCUT2D eigenvalue weighted by Gasteiger charge is -2.43. The molecule has 0 amide bonds. The Morgan fingerprint density at radius 3 is 2.58 bits per heavy atom. The normalized spacial score (nSPS) is 30.6. The van der Waals surface area contributed by atoms with Crippen molar-refractivity contribution in [2.75, 3.05) is 0 Å². The summed E-state index contributed by atoms with van der Waals surface area (Å²) in [6.45, 7) is 5.98. The average Bonchev–Trinajstić information content (AvgIpc) is 2.66. The maximum atomic E-state index is 12.6. The number of allylic oxidation sites excluding steroid dienone is 2. The quantitative estimate of drug-likeness (QED) is 0.366. The molecule has 176 valence electrons. The fourth-order valence-electron chi connectivity index (χ4n) is 4.90. The summed E-state index contributed by atoms with van der Waals surface area (Å²) in [4.78, 5) is 23.3. The van der Waals surface area contributed by atoms with Crippen LogP contribution in [0.4, 0.5) is 0 Å². The molecular formula is C24H38O7. The van der Waals surface area contributed by atoms with Crippen LogP contribution in [0.3, 0.4) is 0 Å². The smallest absolute Gasteiger partial charge is 0.308 e. The average molecular weight is 439 g/mol. The predicted molar refractivity (Wildman–Crippen MR) is 116 cm³/mol. The second-order valence-electron chi connectivity index (χ2n) is 9.26. The number of carboxylic acid groups (broad SMARTS) is 1. The minimum atomic E-state index is -1.09. The molecule has 0 aliphatic heterocycles. The first-order valence-electron chi connectivity index (χ1n) is 11.5. The van der Waals surface area contributed by atoms with Gasteiger partial charge in [-0.2, -0.15) is 0 Å². The number of hydrogen-bond acceptors (Lipinski definition) is 6. The number of carbonyl (C=O) groups is 2. The van der Waals surface area contributed by atoms with Crippen LogP contribution in [0.2, 0.25) is 0 Å². The first kappa shape index (κ1) is 25.6. The van der Waals surface area contributed by atoms with Gasteiger partial charge in [0.2, 0.25) is 0 Å². The van der Waals surface area contributed by atoms with Crippen molar-refractivity contribution >= 4 is 11.9 Å². The molecule has 2 aliphatic carbocycles. The summed E-state index contributed by atoms with van der Waals surface area (Å²) in [7, 11) is 0. The number of hydrogen-bond donors (Lipinski definition) is 4. The molecule has 0 bridgehead atoms. The van der Waals surface area contributed by atoms with E-state index in [0.717, 1.165) is 18.4 Å². The lowest BCUT2D eigenvalue weighted by Crippen LogP contribution is -2.43. The Hall–Kier alpha value is -1.70. The maximum Gasteiger partial charge on any atom is 0.308 e. The first-order valence-corrected chi connectivity index (χ1v) is 11.5. The van der Waals surface area contributed by atoms with Crippen LogP contribution in [0.1, 0.15) is 65.7 Å². The third-order valence-corrected chi connectivity index (χ3v) is 6.55. The van der Waals surface area contributed by atoms with Gasteiger partial charge in [0.15, 0.2) is 0 Å². The molecule has 7 heteroatoms. The molecule has 0 heterocycles. The molecule has 7 nitrogen and oxygen atoms in total. The van der Waals surface area contributed by atoms with Crippen LogP contribution in [0, 0.1) is 23.7 Å².